The summed E-state index contributed by atoms with van der Waals surface area (Å²) in [5.41, 5.74) is 3.15. The van der Waals surface area contributed by atoms with Gasteiger partial charge in [0, 0.05) is 5.41 Å². The van der Waals surface area contributed by atoms with E-state index in [1.54, 1.807) is 5.57 Å². The van der Waals surface area contributed by atoms with Gasteiger partial charge in [-0.3, -0.25) is 0 Å². The molecule has 0 aromatic carbocycles. The molecule has 0 aromatic rings. The predicted octanol–water partition coefficient (Wildman–Crippen LogP) is 6.14. The Morgan fingerprint density at radius 1 is 1.10 bits per heavy atom. The second-order valence-corrected chi connectivity index (χ2v) is 8.96. The molecule has 112 valence electrons. The van der Waals surface area contributed by atoms with E-state index in [0.29, 0.717) is 10.8 Å². The van der Waals surface area contributed by atoms with Gasteiger partial charge in [-0.2, -0.15) is 0 Å². The van der Waals surface area contributed by atoms with Crippen LogP contribution in [0.5, 0.6) is 0 Å². The van der Waals surface area contributed by atoms with Gasteiger partial charge >= 0.3 is 0 Å². The van der Waals surface area contributed by atoms with Crippen molar-refractivity contribution < 1.29 is 0 Å². The Morgan fingerprint density at radius 2 is 1.85 bits per heavy atom. The molecule has 3 rings (SSSR count). The van der Waals surface area contributed by atoms with Crippen molar-refractivity contribution in [2.45, 2.75) is 72.6 Å². The Morgan fingerprint density at radius 3 is 2.55 bits per heavy atom. The molecule has 20 heavy (non-hydrogen) atoms. The van der Waals surface area contributed by atoms with Gasteiger partial charge in [-0.25, -0.2) is 0 Å². The maximum atomic E-state index is 4.07. The molecule has 2 unspecified atom stereocenters. The van der Waals surface area contributed by atoms with Crippen molar-refractivity contribution in [3.8, 4) is 0 Å². The van der Waals surface area contributed by atoms with Gasteiger partial charge in [0.1, 0.15) is 0 Å². The number of hydrogen-bond donors (Lipinski definition) is 0. The van der Waals surface area contributed by atoms with Crippen LogP contribution in [0, 0.1) is 28.1 Å². The van der Waals surface area contributed by atoms with Crippen LogP contribution < -0.4 is 0 Å². The van der Waals surface area contributed by atoms with Gasteiger partial charge in [0.05, 0.1) is 0 Å². The van der Waals surface area contributed by atoms with Gasteiger partial charge in [-0.1, -0.05) is 51.8 Å². The number of allylic oxidation sites excluding steroid dienone is 3. The normalized spacial score (nSPS) is 46.9. The average Bonchev–Trinajstić information content (AvgIpc) is 2.37. The first kappa shape index (κ1) is 14.4. The molecule has 2 saturated carbocycles. The van der Waals surface area contributed by atoms with Crippen molar-refractivity contribution in [1.82, 2.24) is 0 Å². The number of fused-ring (bicyclic) bond motifs is 3. The van der Waals surface area contributed by atoms with E-state index in [9.17, 15) is 0 Å². The highest BCUT2D eigenvalue weighted by Gasteiger charge is 2.54. The SMILES string of the molecule is C=C[C@]1(C)C=C2CCC3C(C)(C)CCC[C@@]3(C)C2CC1. The molecule has 0 spiro atoms. The van der Waals surface area contributed by atoms with Gasteiger partial charge in [0.25, 0.3) is 0 Å². The lowest BCUT2D eigenvalue weighted by Crippen LogP contribution is -2.50. The molecule has 3 aliphatic carbocycles. The van der Waals surface area contributed by atoms with Gasteiger partial charge in [0.15, 0.2) is 0 Å². The van der Waals surface area contributed by atoms with Crippen molar-refractivity contribution in [2.24, 2.45) is 28.1 Å². The maximum absolute atomic E-state index is 4.07. The molecule has 4 atom stereocenters. The van der Waals surface area contributed by atoms with E-state index in [4.69, 9.17) is 0 Å². The molecule has 0 radical (unpaired) electrons. The maximum Gasteiger partial charge on any atom is 0.00330 e. The average molecular weight is 272 g/mol. The monoisotopic (exact) mass is 272 g/mol. The van der Waals surface area contributed by atoms with Crippen LogP contribution in [0.2, 0.25) is 0 Å². The van der Waals surface area contributed by atoms with Crippen molar-refractivity contribution in [3.63, 3.8) is 0 Å². The van der Waals surface area contributed by atoms with E-state index in [1.165, 1.54) is 44.9 Å². The second kappa shape index (κ2) is 4.49. The Kier molecular flexibility index (Phi) is 3.23. The summed E-state index contributed by atoms with van der Waals surface area (Å²) >= 11 is 0. The van der Waals surface area contributed by atoms with Crippen molar-refractivity contribution in [1.29, 1.82) is 0 Å². The summed E-state index contributed by atoms with van der Waals surface area (Å²) in [6.07, 6.45) is 14.5. The van der Waals surface area contributed by atoms with Crippen LogP contribution in [-0.2, 0) is 0 Å². The van der Waals surface area contributed by atoms with Gasteiger partial charge in [-0.05, 0) is 61.2 Å². The van der Waals surface area contributed by atoms with Crippen LogP contribution in [0.4, 0.5) is 0 Å². The third kappa shape index (κ3) is 2.02. The molecule has 0 nitrogen and oxygen atoms in total. The molecule has 3 aliphatic rings. The fourth-order valence-electron chi connectivity index (χ4n) is 6.01. The van der Waals surface area contributed by atoms with E-state index >= 15 is 0 Å². The summed E-state index contributed by atoms with van der Waals surface area (Å²) < 4.78 is 0. The van der Waals surface area contributed by atoms with Gasteiger partial charge < -0.3 is 0 Å². The first-order chi connectivity index (χ1) is 9.31. The highest BCUT2D eigenvalue weighted by atomic mass is 14.6. The van der Waals surface area contributed by atoms with Gasteiger partial charge in [0.2, 0.25) is 0 Å². The highest BCUT2D eigenvalue weighted by molar-refractivity contribution is 5.26. The van der Waals surface area contributed by atoms with E-state index < -0.39 is 0 Å². The minimum Gasteiger partial charge on any atom is -0.102 e. The lowest BCUT2D eigenvalue weighted by atomic mass is 9.45. The predicted molar refractivity (Wildman–Crippen MR) is 87.6 cm³/mol. The zero-order valence-electron chi connectivity index (χ0n) is 14.0. The fourth-order valence-corrected chi connectivity index (χ4v) is 6.01. The topological polar surface area (TPSA) is 0 Å². The van der Waals surface area contributed by atoms with Crippen LogP contribution in [-0.4, -0.2) is 0 Å². The largest absolute Gasteiger partial charge is 0.102 e. The van der Waals surface area contributed by atoms with Crippen molar-refractivity contribution in [2.75, 3.05) is 0 Å². The molecule has 0 bridgehead atoms. The minimum absolute atomic E-state index is 0.263. The molecule has 0 heterocycles. The van der Waals surface area contributed by atoms with Gasteiger partial charge in [-0.15, -0.1) is 6.58 Å². The number of rotatable bonds is 1. The standard InChI is InChI=1S/C20H32/c1-6-19(4)13-10-16-15(14-19)8-9-17-18(2,3)11-7-12-20(16,17)5/h6,14,16-17H,1,7-13H2,2-5H3/t16?,17?,19-,20-/m0/s1. The van der Waals surface area contributed by atoms with Crippen LogP contribution in [0.1, 0.15) is 72.6 Å². The van der Waals surface area contributed by atoms with Crippen molar-refractivity contribution in [3.05, 3.63) is 24.3 Å². The zero-order chi connectivity index (χ0) is 14.6. The molecule has 0 saturated heterocycles. The third-order valence-corrected chi connectivity index (χ3v) is 7.19. The van der Waals surface area contributed by atoms with Crippen LogP contribution >= 0.6 is 0 Å². The Hall–Kier alpha value is -0.520. The lowest BCUT2D eigenvalue weighted by Gasteiger charge is -2.59. The highest BCUT2D eigenvalue weighted by Crippen LogP contribution is 2.63. The van der Waals surface area contributed by atoms with Crippen LogP contribution in [0.3, 0.4) is 0 Å². The molecular formula is C20H32. The zero-order valence-corrected chi connectivity index (χ0v) is 14.0. The molecule has 0 heteroatoms. The molecule has 0 N–H and O–H groups in total. The van der Waals surface area contributed by atoms with E-state index in [0.717, 1.165) is 11.8 Å². The van der Waals surface area contributed by atoms with Crippen molar-refractivity contribution >= 4 is 0 Å². The number of hydrogen-bond acceptors (Lipinski definition) is 0. The molecule has 0 amide bonds. The minimum atomic E-state index is 0.263. The Labute approximate surface area is 125 Å². The summed E-state index contributed by atoms with van der Waals surface area (Å²) in [7, 11) is 0. The fraction of sp³-hybridized carbons (Fsp3) is 0.800. The lowest BCUT2D eigenvalue weighted by molar-refractivity contribution is -0.0587. The third-order valence-electron chi connectivity index (χ3n) is 7.19. The van der Waals surface area contributed by atoms with E-state index in [1.807, 2.05) is 0 Å². The van der Waals surface area contributed by atoms with E-state index in [2.05, 4.69) is 46.4 Å². The molecule has 0 aliphatic heterocycles. The van der Waals surface area contributed by atoms with Crippen LogP contribution in [0.15, 0.2) is 24.3 Å². The molecular weight excluding hydrogens is 240 g/mol. The molecule has 2 fully saturated rings. The summed E-state index contributed by atoms with van der Waals surface area (Å²) in [6, 6.07) is 0. The summed E-state index contributed by atoms with van der Waals surface area (Å²) in [5.74, 6) is 1.79. The first-order valence-corrected chi connectivity index (χ1v) is 8.66. The Bertz CT molecular complexity index is 441. The van der Waals surface area contributed by atoms with E-state index in [-0.39, 0.29) is 5.41 Å². The Balaban J connectivity index is 1.97. The molecule has 0 aromatic heterocycles. The second-order valence-electron chi connectivity index (χ2n) is 8.96. The smallest absolute Gasteiger partial charge is 0.00330 e. The quantitative estimate of drug-likeness (QED) is 0.503. The first-order valence-electron chi connectivity index (χ1n) is 8.66. The van der Waals surface area contributed by atoms with Crippen LogP contribution in [0.25, 0.3) is 0 Å². The summed E-state index contributed by atoms with van der Waals surface area (Å²) in [4.78, 5) is 0. The summed E-state index contributed by atoms with van der Waals surface area (Å²) in [6.45, 7) is 14.1. The summed E-state index contributed by atoms with van der Waals surface area (Å²) in [5, 5.41) is 0.